The summed E-state index contributed by atoms with van der Waals surface area (Å²) in [6.45, 7) is 2.08. The molecule has 0 fully saturated rings. The number of rotatable bonds is 3. The largest absolute Gasteiger partial charge is 0.329 e. The Bertz CT molecular complexity index is 477. The fourth-order valence-electron chi connectivity index (χ4n) is 1.59. The highest BCUT2D eigenvalue weighted by Gasteiger charge is 2.04. The number of aryl methyl sites for hydroxylation is 1. The first kappa shape index (κ1) is 11.9. The van der Waals surface area contributed by atoms with Crippen molar-refractivity contribution in [2.45, 2.75) is 12.8 Å². The summed E-state index contributed by atoms with van der Waals surface area (Å²) < 4.78 is 0. The minimum Gasteiger partial charge on any atom is -0.329 e. The smallest absolute Gasteiger partial charge is 0.132 e. The lowest BCUT2D eigenvalue weighted by molar-refractivity contribution is 1.11. The van der Waals surface area contributed by atoms with Gasteiger partial charge in [-0.3, -0.25) is 0 Å². The zero-order valence-corrected chi connectivity index (χ0v) is 10.8. The highest BCUT2D eigenvalue weighted by molar-refractivity contribution is 6.17. The Morgan fingerprint density at radius 3 is 2.35 bits per heavy atom. The van der Waals surface area contributed by atoms with Crippen molar-refractivity contribution >= 4 is 23.1 Å². The lowest BCUT2D eigenvalue weighted by Gasteiger charge is -2.18. The van der Waals surface area contributed by atoms with Crippen LogP contribution in [0, 0.1) is 6.92 Å². The number of nitrogens with zero attached hydrogens (tertiary/aromatic N) is 2. The molecule has 2 rings (SSSR count). The van der Waals surface area contributed by atoms with E-state index in [2.05, 4.69) is 41.1 Å². The second-order valence-electron chi connectivity index (χ2n) is 4.05. The molecule has 1 aromatic heterocycles. The molecular weight excluding hydrogens is 232 g/mol. The van der Waals surface area contributed by atoms with Crippen LogP contribution < -0.4 is 4.90 Å². The Labute approximate surface area is 107 Å². The molecule has 0 aliphatic carbocycles. The van der Waals surface area contributed by atoms with Gasteiger partial charge in [0.2, 0.25) is 0 Å². The SMILES string of the molecule is Cc1ccc(N(C)c2ccc(CCl)cn2)cc1. The van der Waals surface area contributed by atoms with Gasteiger partial charge in [0.25, 0.3) is 0 Å². The van der Waals surface area contributed by atoms with Crippen molar-refractivity contribution in [3.63, 3.8) is 0 Å². The van der Waals surface area contributed by atoms with Crippen molar-refractivity contribution in [2.24, 2.45) is 0 Å². The standard InChI is InChI=1S/C14H15ClN2/c1-11-3-6-13(7-4-11)17(2)14-8-5-12(9-15)10-16-14/h3-8,10H,9H2,1-2H3. The highest BCUT2D eigenvalue weighted by atomic mass is 35.5. The first-order chi connectivity index (χ1) is 8.20. The van der Waals surface area contributed by atoms with Gasteiger partial charge < -0.3 is 4.90 Å². The molecule has 0 unspecified atom stereocenters. The van der Waals surface area contributed by atoms with Gasteiger partial charge in [-0.15, -0.1) is 11.6 Å². The van der Waals surface area contributed by atoms with Crippen LogP contribution >= 0.6 is 11.6 Å². The maximum atomic E-state index is 5.74. The third-order valence-corrected chi connectivity index (χ3v) is 3.04. The second-order valence-corrected chi connectivity index (χ2v) is 4.32. The molecule has 0 aliphatic heterocycles. The summed E-state index contributed by atoms with van der Waals surface area (Å²) in [5.74, 6) is 1.42. The van der Waals surface area contributed by atoms with E-state index in [1.165, 1.54) is 5.56 Å². The van der Waals surface area contributed by atoms with Crippen LogP contribution in [0.1, 0.15) is 11.1 Å². The molecule has 0 bridgehead atoms. The third kappa shape index (κ3) is 2.77. The van der Waals surface area contributed by atoms with Crippen LogP contribution in [0.15, 0.2) is 42.6 Å². The molecule has 0 atom stereocenters. The Morgan fingerprint density at radius 2 is 1.82 bits per heavy atom. The minimum absolute atomic E-state index is 0.502. The normalized spacial score (nSPS) is 10.3. The Balaban J connectivity index is 2.23. The topological polar surface area (TPSA) is 16.1 Å². The van der Waals surface area contributed by atoms with Crippen LogP contribution in [-0.4, -0.2) is 12.0 Å². The number of hydrogen-bond donors (Lipinski definition) is 0. The summed E-state index contributed by atoms with van der Waals surface area (Å²) in [4.78, 5) is 6.44. The Kier molecular flexibility index (Phi) is 3.64. The van der Waals surface area contributed by atoms with E-state index < -0.39 is 0 Å². The molecule has 0 saturated heterocycles. The molecule has 1 aromatic carbocycles. The fraction of sp³-hybridized carbons (Fsp3) is 0.214. The number of aromatic nitrogens is 1. The van der Waals surface area contributed by atoms with Crippen LogP contribution in [0.2, 0.25) is 0 Å². The molecule has 88 valence electrons. The minimum atomic E-state index is 0.502. The molecule has 0 aliphatic rings. The van der Waals surface area contributed by atoms with Crippen LogP contribution in [-0.2, 0) is 5.88 Å². The predicted molar refractivity (Wildman–Crippen MR) is 73.0 cm³/mol. The van der Waals surface area contributed by atoms with Gasteiger partial charge in [-0.1, -0.05) is 23.8 Å². The van der Waals surface area contributed by atoms with Gasteiger partial charge in [0.1, 0.15) is 5.82 Å². The highest BCUT2D eigenvalue weighted by Crippen LogP contribution is 2.21. The quantitative estimate of drug-likeness (QED) is 0.764. The molecule has 0 amide bonds. The molecule has 0 N–H and O–H groups in total. The van der Waals surface area contributed by atoms with E-state index in [0.29, 0.717) is 5.88 Å². The summed E-state index contributed by atoms with van der Waals surface area (Å²) in [5, 5.41) is 0. The average molecular weight is 247 g/mol. The Morgan fingerprint density at radius 1 is 1.12 bits per heavy atom. The first-order valence-corrected chi connectivity index (χ1v) is 6.05. The van der Waals surface area contributed by atoms with E-state index in [1.54, 1.807) is 0 Å². The lowest BCUT2D eigenvalue weighted by atomic mass is 10.2. The summed E-state index contributed by atoms with van der Waals surface area (Å²) in [6, 6.07) is 12.4. The molecule has 3 heteroatoms. The van der Waals surface area contributed by atoms with Gasteiger partial charge in [-0.05, 0) is 30.7 Å². The molecule has 0 saturated carbocycles. The lowest BCUT2D eigenvalue weighted by Crippen LogP contribution is -2.10. The van der Waals surface area contributed by atoms with Crippen molar-refractivity contribution in [3.05, 3.63) is 53.7 Å². The zero-order valence-electron chi connectivity index (χ0n) is 10.0. The number of anilines is 2. The van der Waals surface area contributed by atoms with Crippen LogP contribution in [0.5, 0.6) is 0 Å². The van der Waals surface area contributed by atoms with Crippen molar-refractivity contribution in [1.82, 2.24) is 4.98 Å². The molecule has 17 heavy (non-hydrogen) atoms. The van der Waals surface area contributed by atoms with E-state index in [9.17, 15) is 0 Å². The average Bonchev–Trinajstić information content (AvgIpc) is 2.39. The van der Waals surface area contributed by atoms with Crippen LogP contribution in [0.3, 0.4) is 0 Å². The summed E-state index contributed by atoms with van der Waals surface area (Å²) >= 11 is 5.74. The van der Waals surface area contributed by atoms with Gasteiger partial charge in [-0.25, -0.2) is 4.98 Å². The van der Waals surface area contributed by atoms with E-state index in [0.717, 1.165) is 17.1 Å². The monoisotopic (exact) mass is 246 g/mol. The maximum Gasteiger partial charge on any atom is 0.132 e. The van der Waals surface area contributed by atoms with E-state index in [1.807, 2.05) is 25.4 Å². The maximum absolute atomic E-state index is 5.74. The van der Waals surface area contributed by atoms with Crippen molar-refractivity contribution in [1.29, 1.82) is 0 Å². The number of halogens is 1. The van der Waals surface area contributed by atoms with Gasteiger partial charge >= 0.3 is 0 Å². The summed E-state index contributed by atoms with van der Waals surface area (Å²) in [6.07, 6.45) is 1.81. The van der Waals surface area contributed by atoms with Crippen molar-refractivity contribution < 1.29 is 0 Å². The van der Waals surface area contributed by atoms with Gasteiger partial charge in [-0.2, -0.15) is 0 Å². The van der Waals surface area contributed by atoms with Crippen LogP contribution in [0.25, 0.3) is 0 Å². The van der Waals surface area contributed by atoms with E-state index in [4.69, 9.17) is 11.6 Å². The van der Waals surface area contributed by atoms with Gasteiger partial charge in [0, 0.05) is 24.8 Å². The number of alkyl halides is 1. The predicted octanol–water partition coefficient (Wildman–Crippen LogP) is 3.90. The van der Waals surface area contributed by atoms with Gasteiger partial charge in [0.05, 0.1) is 0 Å². The molecule has 1 heterocycles. The molecule has 2 nitrogen and oxygen atoms in total. The van der Waals surface area contributed by atoms with Gasteiger partial charge in [0.15, 0.2) is 0 Å². The molecule has 2 aromatic rings. The van der Waals surface area contributed by atoms with Crippen molar-refractivity contribution in [2.75, 3.05) is 11.9 Å². The number of pyridine rings is 1. The molecule has 0 spiro atoms. The Hall–Kier alpha value is -1.54. The molecular formula is C14H15ClN2. The third-order valence-electron chi connectivity index (χ3n) is 2.73. The summed E-state index contributed by atoms with van der Waals surface area (Å²) in [5.41, 5.74) is 3.42. The number of hydrogen-bond acceptors (Lipinski definition) is 2. The zero-order chi connectivity index (χ0) is 12.3. The fourth-order valence-corrected chi connectivity index (χ4v) is 1.75. The van der Waals surface area contributed by atoms with E-state index >= 15 is 0 Å². The van der Waals surface area contributed by atoms with Crippen LogP contribution in [0.4, 0.5) is 11.5 Å². The molecule has 0 radical (unpaired) electrons. The van der Waals surface area contributed by atoms with E-state index in [-0.39, 0.29) is 0 Å². The second kappa shape index (κ2) is 5.19. The van der Waals surface area contributed by atoms with Crippen molar-refractivity contribution in [3.8, 4) is 0 Å². The first-order valence-electron chi connectivity index (χ1n) is 5.52. The number of benzene rings is 1. The summed E-state index contributed by atoms with van der Waals surface area (Å²) in [7, 11) is 2.01.